The number of anilines is 1. The van der Waals surface area contributed by atoms with Gasteiger partial charge in [0, 0.05) is 24.2 Å². The Kier molecular flexibility index (Phi) is 5.71. The zero-order valence-corrected chi connectivity index (χ0v) is 17.2. The number of nitrogens with one attached hydrogen (secondary N) is 1. The van der Waals surface area contributed by atoms with Crippen molar-refractivity contribution in [1.82, 2.24) is 19.7 Å². The first-order valence-electron chi connectivity index (χ1n) is 9.13. The van der Waals surface area contributed by atoms with Gasteiger partial charge in [0.1, 0.15) is 23.8 Å². The van der Waals surface area contributed by atoms with Crippen molar-refractivity contribution in [3.63, 3.8) is 0 Å². The Labute approximate surface area is 177 Å². The zero-order chi connectivity index (χ0) is 20.9. The van der Waals surface area contributed by atoms with Gasteiger partial charge in [0.25, 0.3) is 5.91 Å². The van der Waals surface area contributed by atoms with E-state index in [9.17, 15) is 4.79 Å². The molecule has 152 valence electrons. The molecule has 1 aromatic carbocycles. The van der Waals surface area contributed by atoms with Crippen molar-refractivity contribution in [2.24, 2.45) is 7.05 Å². The number of pyridine rings is 1. The monoisotopic (exact) mass is 421 g/mol. The van der Waals surface area contributed by atoms with Crippen LogP contribution < -0.4 is 14.8 Å². The molecule has 0 spiro atoms. The van der Waals surface area contributed by atoms with Gasteiger partial charge in [0.05, 0.1) is 23.1 Å². The van der Waals surface area contributed by atoms with Gasteiger partial charge in [-0.3, -0.25) is 9.78 Å². The lowest BCUT2D eigenvalue weighted by Gasteiger charge is -2.10. The van der Waals surface area contributed by atoms with Gasteiger partial charge in [-0.1, -0.05) is 0 Å². The molecule has 4 aromatic rings. The average molecular weight is 421 g/mol. The Balaban J connectivity index is 1.46. The molecule has 0 saturated heterocycles. The smallest absolute Gasteiger partial charge is 0.255 e. The number of aromatic nitrogens is 4. The van der Waals surface area contributed by atoms with Crippen molar-refractivity contribution in [3.8, 4) is 17.4 Å². The predicted molar refractivity (Wildman–Crippen MR) is 113 cm³/mol. The van der Waals surface area contributed by atoms with Crippen LogP contribution >= 0.6 is 11.3 Å². The van der Waals surface area contributed by atoms with Crippen LogP contribution in [0.25, 0.3) is 0 Å². The van der Waals surface area contributed by atoms with Gasteiger partial charge < -0.3 is 14.8 Å². The number of amides is 1. The van der Waals surface area contributed by atoms with E-state index in [1.807, 2.05) is 5.38 Å². The van der Waals surface area contributed by atoms with E-state index in [-0.39, 0.29) is 5.91 Å². The lowest BCUT2D eigenvalue weighted by molar-refractivity contribution is 0.102. The maximum atomic E-state index is 12.8. The second kappa shape index (κ2) is 8.75. The molecule has 0 atom stereocenters. The van der Waals surface area contributed by atoms with E-state index < -0.39 is 0 Å². The van der Waals surface area contributed by atoms with Gasteiger partial charge in [0.2, 0.25) is 5.88 Å². The largest absolute Gasteiger partial charge is 0.487 e. The molecule has 4 rings (SSSR count). The first-order chi connectivity index (χ1) is 14.6. The van der Waals surface area contributed by atoms with E-state index in [2.05, 4.69) is 20.4 Å². The number of aryl methyl sites for hydroxylation is 2. The van der Waals surface area contributed by atoms with Crippen LogP contribution in [-0.4, -0.2) is 25.7 Å². The maximum absolute atomic E-state index is 12.8. The Morgan fingerprint density at radius 3 is 2.73 bits per heavy atom. The molecule has 1 amide bonds. The Hall–Kier alpha value is -3.72. The summed E-state index contributed by atoms with van der Waals surface area (Å²) < 4.78 is 13.1. The van der Waals surface area contributed by atoms with Crippen LogP contribution in [0.5, 0.6) is 17.4 Å². The van der Waals surface area contributed by atoms with Crippen LogP contribution in [0.1, 0.15) is 21.7 Å². The lowest BCUT2D eigenvalue weighted by Crippen LogP contribution is -2.13. The fraction of sp³-hybridized carbons (Fsp3) is 0.143. The molecule has 0 aliphatic carbocycles. The molecule has 1 N–H and O–H groups in total. The molecule has 9 heteroatoms. The Morgan fingerprint density at radius 1 is 1.20 bits per heavy atom. The highest BCUT2D eigenvalue weighted by Crippen LogP contribution is 2.32. The van der Waals surface area contributed by atoms with Crippen molar-refractivity contribution in [2.75, 3.05) is 5.32 Å². The van der Waals surface area contributed by atoms with E-state index in [0.717, 1.165) is 5.69 Å². The minimum absolute atomic E-state index is 0.270. The predicted octanol–water partition coefficient (Wildman–Crippen LogP) is 4.20. The first-order valence-corrected chi connectivity index (χ1v) is 10.1. The van der Waals surface area contributed by atoms with Gasteiger partial charge >= 0.3 is 0 Å². The molecule has 0 aliphatic rings. The van der Waals surface area contributed by atoms with Gasteiger partial charge in [-0.05, 0) is 43.3 Å². The fourth-order valence-electron chi connectivity index (χ4n) is 2.77. The summed E-state index contributed by atoms with van der Waals surface area (Å²) in [7, 11) is 1.75. The summed E-state index contributed by atoms with van der Waals surface area (Å²) in [6.07, 6.45) is 3.26. The van der Waals surface area contributed by atoms with Crippen LogP contribution in [0, 0.1) is 6.92 Å². The van der Waals surface area contributed by atoms with Crippen LogP contribution in [-0.2, 0) is 13.7 Å². The fourth-order valence-corrected chi connectivity index (χ4v) is 3.31. The molecule has 0 bridgehead atoms. The van der Waals surface area contributed by atoms with Crippen LogP contribution in [0.3, 0.4) is 0 Å². The minimum atomic E-state index is -0.270. The number of carbonyl (C=O) groups is 1. The molecule has 3 aromatic heterocycles. The number of nitrogens with zero attached hydrogens (tertiary/aromatic N) is 4. The molecule has 0 unspecified atom stereocenters. The maximum Gasteiger partial charge on any atom is 0.255 e. The van der Waals surface area contributed by atoms with Gasteiger partial charge in [-0.2, -0.15) is 5.10 Å². The molecular formula is C21H19N5O3S. The summed E-state index contributed by atoms with van der Waals surface area (Å²) >= 11 is 1.52. The van der Waals surface area contributed by atoms with E-state index >= 15 is 0 Å². The number of hydrogen-bond acceptors (Lipinski definition) is 7. The summed E-state index contributed by atoms with van der Waals surface area (Å²) in [4.78, 5) is 21.0. The van der Waals surface area contributed by atoms with Crippen molar-refractivity contribution in [2.45, 2.75) is 13.5 Å². The number of benzene rings is 1. The number of rotatable bonds is 7. The van der Waals surface area contributed by atoms with Gasteiger partial charge in [-0.25, -0.2) is 9.67 Å². The quantitative estimate of drug-likeness (QED) is 0.481. The summed E-state index contributed by atoms with van der Waals surface area (Å²) in [6, 6.07) is 10.5. The average Bonchev–Trinajstić information content (AvgIpc) is 3.37. The second-order valence-corrected chi connectivity index (χ2v) is 7.15. The molecule has 0 saturated carbocycles. The third kappa shape index (κ3) is 4.47. The normalized spacial score (nSPS) is 10.6. The Morgan fingerprint density at radius 2 is 2.03 bits per heavy atom. The standard InChI is InChI=1S/C21H19N5O3S/c1-14-19(21(26(2)25-14)29-18-4-3-9-22-10-18)24-20(27)15-5-7-17(8-6-15)28-11-16-12-30-13-23-16/h3-10,12-13H,11H2,1-2H3,(H,24,27). The molecule has 8 nitrogen and oxygen atoms in total. The Bertz CT molecular complexity index is 1130. The van der Waals surface area contributed by atoms with Gasteiger partial charge in [-0.15, -0.1) is 11.3 Å². The minimum Gasteiger partial charge on any atom is -0.487 e. The zero-order valence-electron chi connectivity index (χ0n) is 16.4. The molecule has 0 radical (unpaired) electrons. The van der Waals surface area contributed by atoms with Crippen LogP contribution in [0.2, 0.25) is 0 Å². The van der Waals surface area contributed by atoms with Crippen molar-refractivity contribution < 1.29 is 14.3 Å². The first kappa shape index (κ1) is 19.6. The number of ether oxygens (including phenoxy) is 2. The highest BCUT2D eigenvalue weighted by Gasteiger charge is 2.19. The summed E-state index contributed by atoms with van der Waals surface area (Å²) in [5.74, 6) is 1.38. The summed E-state index contributed by atoms with van der Waals surface area (Å²) in [6.45, 7) is 2.19. The number of hydrogen-bond donors (Lipinski definition) is 1. The van der Waals surface area contributed by atoms with E-state index in [1.54, 1.807) is 73.0 Å². The van der Waals surface area contributed by atoms with E-state index in [4.69, 9.17) is 9.47 Å². The highest BCUT2D eigenvalue weighted by atomic mass is 32.1. The number of thiazole rings is 1. The highest BCUT2D eigenvalue weighted by molar-refractivity contribution is 7.07. The van der Waals surface area contributed by atoms with Crippen LogP contribution in [0.15, 0.2) is 59.7 Å². The van der Waals surface area contributed by atoms with E-state index in [1.165, 1.54) is 11.3 Å². The topological polar surface area (TPSA) is 91.2 Å². The second-order valence-electron chi connectivity index (χ2n) is 6.43. The molecule has 3 heterocycles. The van der Waals surface area contributed by atoms with E-state index in [0.29, 0.717) is 40.9 Å². The molecule has 0 fully saturated rings. The molecule has 0 aliphatic heterocycles. The van der Waals surface area contributed by atoms with Crippen molar-refractivity contribution in [3.05, 3.63) is 76.6 Å². The molecular weight excluding hydrogens is 402 g/mol. The van der Waals surface area contributed by atoms with Crippen molar-refractivity contribution >= 4 is 22.9 Å². The summed E-state index contributed by atoms with van der Waals surface area (Å²) in [5, 5.41) is 9.17. The molecule has 30 heavy (non-hydrogen) atoms. The van der Waals surface area contributed by atoms with Crippen LogP contribution in [0.4, 0.5) is 5.69 Å². The number of carbonyl (C=O) groups excluding carboxylic acids is 1. The SMILES string of the molecule is Cc1nn(C)c(Oc2cccnc2)c1NC(=O)c1ccc(OCc2cscn2)cc1. The van der Waals surface area contributed by atoms with Crippen molar-refractivity contribution in [1.29, 1.82) is 0 Å². The van der Waals surface area contributed by atoms with Gasteiger partial charge in [0.15, 0.2) is 0 Å². The summed E-state index contributed by atoms with van der Waals surface area (Å²) in [5.41, 5.74) is 4.28. The third-order valence-electron chi connectivity index (χ3n) is 4.24. The third-order valence-corrected chi connectivity index (χ3v) is 4.88. The lowest BCUT2D eigenvalue weighted by atomic mass is 10.2.